The molecular formula is C19H20F2IN8PS. The van der Waals surface area contributed by atoms with Crippen LogP contribution in [-0.2, 0) is 7.05 Å². The molecule has 4 rings (SSSR count). The second-order valence-corrected chi connectivity index (χ2v) is 9.87. The molecule has 32 heavy (non-hydrogen) atoms. The Balaban J connectivity index is 1.83. The van der Waals surface area contributed by atoms with E-state index >= 15 is 0 Å². The smallest absolute Gasteiger partial charge is 0.295 e. The van der Waals surface area contributed by atoms with Gasteiger partial charge >= 0.3 is 0 Å². The van der Waals surface area contributed by atoms with Crippen molar-refractivity contribution in [2.75, 3.05) is 28.7 Å². The van der Waals surface area contributed by atoms with E-state index in [-0.39, 0.29) is 18.0 Å². The van der Waals surface area contributed by atoms with Crippen molar-refractivity contribution in [2.45, 2.75) is 6.43 Å². The van der Waals surface area contributed by atoms with Gasteiger partial charge in [-0.2, -0.15) is 5.10 Å². The number of benzene rings is 1. The van der Waals surface area contributed by atoms with Crippen LogP contribution < -0.4 is 15.4 Å². The lowest BCUT2D eigenvalue weighted by Gasteiger charge is -2.21. The van der Waals surface area contributed by atoms with Crippen molar-refractivity contribution in [3.05, 3.63) is 42.5 Å². The number of aryl methyl sites for hydroxylation is 1. The number of nitrogens with zero attached hydrogens (tertiary/aromatic N) is 6. The molecule has 0 saturated heterocycles. The van der Waals surface area contributed by atoms with Crippen molar-refractivity contribution < 1.29 is 8.78 Å². The number of hydrogen-bond donors (Lipinski definition) is 2. The lowest BCUT2D eigenvalue weighted by Crippen LogP contribution is -2.08. The van der Waals surface area contributed by atoms with Crippen molar-refractivity contribution in [3.8, 4) is 11.1 Å². The summed E-state index contributed by atoms with van der Waals surface area (Å²) in [6.45, 7) is 0. The van der Waals surface area contributed by atoms with E-state index in [2.05, 4.69) is 20.4 Å². The third kappa shape index (κ3) is 4.35. The van der Waals surface area contributed by atoms with Gasteiger partial charge in [-0.3, -0.25) is 9.02 Å². The summed E-state index contributed by atoms with van der Waals surface area (Å²) in [4.78, 5) is 8.45. The quantitative estimate of drug-likeness (QED) is 0.165. The highest BCUT2D eigenvalue weighted by molar-refractivity contribution is 14.2. The number of imidazole rings is 1. The summed E-state index contributed by atoms with van der Waals surface area (Å²) < 4.78 is 32.3. The monoisotopic (exact) mass is 588 g/mol. The first-order chi connectivity index (χ1) is 15.3. The standard InChI is InChI=1S/C19H20F2IN8PS/c1-28-9-11(8-24-28)10-4-5-12(14(6-10)29(2)32-3)25-13-7-15(23)26-18-16(13)27-19(17(20)21)30(18)31-22/h4-9,17,31H,1-3H3,(H3,23,25,26). The van der Waals surface area contributed by atoms with Crippen LogP contribution in [0.2, 0.25) is 0 Å². The number of aromatic nitrogens is 5. The fourth-order valence-corrected chi connectivity index (χ4v) is 5.54. The van der Waals surface area contributed by atoms with E-state index in [4.69, 9.17) is 5.73 Å². The summed E-state index contributed by atoms with van der Waals surface area (Å²) >= 11 is 3.58. The zero-order valence-corrected chi connectivity index (χ0v) is 21.3. The normalized spacial score (nSPS) is 11.8. The van der Waals surface area contributed by atoms with Gasteiger partial charge in [0.1, 0.15) is 11.3 Å². The molecule has 0 aliphatic heterocycles. The Morgan fingerprint density at radius 3 is 2.62 bits per heavy atom. The zero-order chi connectivity index (χ0) is 23.0. The highest BCUT2D eigenvalue weighted by atomic mass is 127. The Bertz CT molecular complexity index is 1280. The molecule has 1 atom stereocenters. The summed E-state index contributed by atoms with van der Waals surface area (Å²) in [5, 5.41) is 7.59. The Kier molecular flexibility index (Phi) is 6.72. The predicted octanol–water partition coefficient (Wildman–Crippen LogP) is 5.60. The SMILES string of the molecule is CSN(C)c1cc(-c2cnn(C)c2)ccc1Nc1cc(N)nc2c1nc(C(F)F)n2PI. The molecule has 0 bridgehead atoms. The van der Waals surface area contributed by atoms with Gasteiger partial charge in [0, 0.05) is 38.2 Å². The van der Waals surface area contributed by atoms with E-state index in [1.54, 1.807) is 22.7 Å². The van der Waals surface area contributed by atoms with Crippen LogP contribution in [0.3, 0.4) is 0 Å². The van der Waals surface area contributed by atoms with Gasteiger partial charge in [0.25, 0.3) is 6.43 Å². The first-order valence-corrected chi connectivity index (χ1v) is 14.6. The molecule has 0 amide bonds. The third-order valence-electron chi connectivity index (χ3n) is 4.86. The molecule has 3 heterocycles. The summed E-state index contributed by atoms with van der Waals surface area (Å²) in [6.07, 6.45) is 3.03. The number of hydrogen-bond acceptors (Lipinski definition) is 7. The summed E-state index contributed by atoms with van der Waals surface area (Å²) in [6, 6.07) is 7.59. The van der Waals surface area contributed by atoms with Crippen LogP contribution in [0, 0.1) is 0 Å². The maximum Gasteiger partial charge on any atom is 0.295 e. The number of nitrogens with one attached hydrogen (secondary N) is 1. The second-order valence-electron chi connectivity index (χ2n) is 6.90. The largest absolute Gasteiger partial charge is 0.384 e. The van der Waals surface area contributed by atoms with Crippen LogP contribution in [0.25, 0.3) is 22.3 Å². The topological polar surface area (TPSA) is 89.8 Å². The van der Waals surface area contributed by atoms with Gasteiger partial charge in [-0.25, -0.2) is 18.7 Å². The van der Waals surface area contributed by atoms with Gasteiger partial charge < -0.3 is 15.4 Å². The Morgan fingerprint density at radius 1 is 1.22 bits per heavy atom. The van der Waals surface area contributed by atoms with Gasteiger partial charge in [-0.1, -0.05) is 18.0 Å². The summed E-state index contributed by atoms with van der Waals surface area (Å²) in [7, 11) is 3.83. The van der Waals surface area contributed by atoms with E-state index in [9.17, 15) is 8.78 Å². The van der Waals surface area contributed by atoms with E-state index in [1.807, 2.05) is 77.3 Å². The molecule has 0 aliphatic carbocycles. The molecule has 0 aliphatic rings. The molecule has 3 aromatic heterocycles. The molecule has 168 valence electrons. The van der Waals surface area contributed by atoms with E-state index in [1.165, 1.54) is 4.34 Å². The minimum absolute atomic E-state index is 0.0172. The third-order valence-corrected chi connectivity index (χ3v) is 7.66. The number of anilines is 4. The van der Waals surface area contributed by atoms with E-state index in [0.29, 0.717) is 16.9 Å². The average Bonchev–Trinajstić information content (AvgIpc) is 3.37. The molecule has 1 aromatic carbocycles. The number of halogens is 3. The maximum absolute atomic E-state index is 13.6. The van der Waals surface area contributed by atoms with Gasteiger partial charge in [0.05, 0.1) is 29.6 Å². The number of pyridine rings is 1. The van der Waals surface area contributed by atoms with Crippen molar-refractivity contribution in [2.24, 2.45) is 7.05 Å². The molecule has 0 saturated carbocycles. The number of nitrogen functional groups attached to an aromatic ring is 1. The number of rotatable bonds is 7. The summed E-state index contributed by atoms with van der Waals surface area (Å²) in [5.74, 6) is -0.0920. The molecule has 8 nitrogen and oxygen atoms in total. The van der Waals surface area contributed by atoms with Crippen molar-refractivity contribution in [1.82, 2.24) is 24.1 Å². The number of alkyl halides is 2. The van der Waals surface area contributed by atoms with Crippen molar-refractivity contribution in [3.63, 3.8) is 0 Å². The fraction of sp³-hybridized carbons (Fsp3) is 0.211. The first-order valence-electron chi connectivity index (χ1n) is 9.34. The second kappa shape index (κ2) is 9.36. The molecule has 0 radical (unpaired) electrons. The first kappa shape index (κ1) is 23.0. The lowest BCUT2D eigenvalue weighted by atomic mass is 10.1. The number of fused-ring (bicyclic) bond motifs is 1. The predicted molar refractivity (Wildman–Crippen MR) is 138 cm³/mol. The summed E-state index contributed by atoms with van der Waals surface area (Å²) in [5.41, 5.74) is 10.9. The van der Waals surface area contributed by atoms with Crippen LogP contribution in [0.5, 0.6) is 0 Å². The van der Waals surface area contributed by atoms with Crippen LogP contribution in [0.4, 0.5) is 31.7 Å². The molecule has 1 unspecified atom stereocenters. The molecular weight excluding hydrogens is 568 g/mol. The van der Waals surface area contributed by atoms with Crippen LogP contribution >= 0.6 is 40.4 Å². The Hall–Kier alpha value is -2.18. The Morgan fingerprint density at radius 2 is 2.00 bits per heavy atom. The number of nitrogens with two attached hydrogens (primary N) is 1. The van der Waals surface area contributed by atoms with Crippen LogP contribution in [0.15, 0.2) is 36.7 Å². The van der Waals surface area contributed by atoms with E-state index < -0.39 is 6.43 Å². The lowest BCUT2D eigenvalue weighted by molar-refractivity contribution is 0.140. The highest BCUT2D eigenvalue weighted by Crippen LogP contribution is 2.40. The highest BCUT2D eigenvalue weighted by Gasteiger charge is 2.22. The van der Waals surface area contributed by atoms with Crippen LogP contribution in [-0.4, -0.2) is 37.4 Å². The molecule has 3 N–H and O–H groups in total. The fourth-order valence-electron chi connectivity index (χ4n) is 3.30. The Labute approximate surface area is 202 Å². The van der Waals surface area contributed by atoms with Gasteiger partial charge in [-0.15, -0.1) is 0 Å². The van der Waals surface area contributed by atoms with E-state index in [0.717, 1.165) is 22.5 Å². The minimum Gasteiger partial charge on any atom is -0.384 e. The van der Waals surface area contributed by atoms with Gasteiger partial charge in [0.15, 0.2) is 11.5 Å². The zero-order valence-electron chi connectivity index (χ0n) is 17.3. The molecule has 4 aromatic rings. The average molecular weight is 588 g/mol. The van der Waals surface area contributed by atoms with Crippen molar-refractivity contribution >= 4 is 74.4 Å². The van der Waals surface area contributed by atoms with Crippen molar-refractivity contribution in [1.29, 1.82) is 0 Å². The van der Waals surface area contributed by atoms with Gasteiger partial charge in [0.2, 0.25) is 0 Å². The minimum atomic E-state index is -2.71. The molecule has 13 heteroatoms. The maximum atomic E-state index is 13.6. The van der Waals surface area contributed by atoms with Gasteiger partial charge in [-0.05, 0) is 39.7 Å². The van der Waals surface area contributed by atoms with Crippen LogP contribution in [0.1, 0.15) is 12.2 Å². The molecule has 0 fully saturated rings. The molecule has 0 spiro atoms.